The lowest BCUT2D eigenvalue weighted by Gasteiger charge is -2.24. The van der Waals surface area contributed by atoms with E-state index in [9.17, 15) is 0 Å². The zero-order valence-electron chi connectivity index (χ0n) is 16.0. The molecule has 0 aromatic heterocycles. The van der Waals surface area contributed by atoms with Crippen LogP contribution in [0.15, 0.2) is 0 Å². The summed E-state index contributed by atoms with van der Waals surface area (Å²) in [7, 11) is 0. The summed E-state index contributed by atoms with van der Waals surface area (Å²) in [4.78, 5) is 0. The summed E-state index contributed by atoms with van der Waals surface area (Å²) in [5, 5.41) is 0. The van der Waals surface area contributed by atoms with Crippen LogP contribution in [0.1, 0.15) is 107 Å². The van der Waals surface area contributed by atoms with E-state index in [2.05, 4.69) is 41.5 Å². The van der Waals surface area contributed by atoms with E-state index < -0.39 is 0 Å². The molecule has 2 saturated carbocycles. The van der Waals surface area contributed by atoms with Crippen molar-refractivity contribution in [2.24, 2.45) is 23.7 Å². The predicted octanol–water partition coefficient (Wildman–Crippen LogP) is 7.72. The first-order valence-corrected chi connectivity index (χ1v) is 9.54. The summed E-state index contributed by atoms with van der Waals surface area (Å²) in [6.07, 6.45) is 11.7. The third-order valence-electron chi connectivity index (χ3n) is 4.01. The van der Waals surface area contributed by atoms with Crippen LogP contribution in [0.2, 0.25) is 0 Å². The maximum Gasteiger partial charge on any atom is -0.0386 e. The van der Waals surface area contributed by atoms with Gasteiger partial charge in [-0.25, -0.2) is 0 Å². The second-order valence-corrected chi connectivity index (χ2v) is 6.88. The first kappa shape index (κ1) is 22.3. The van der Waals surface area contributed by atoms with Gasteiger partial charge in [0.05, 0.1) is 0 Å². The van der Waals surface area contributed by atoms with E-state index in [1.165, 1.54) is 37.5 Å². The van der Waals surface area contributed by atoms with E-state index in [1.807, 2.05) is 13.8 Å². The molecule has 0 spiro atoms. The molecule has 0 heteroatoms. The van der Waals surface area contributed by atoms with Crippen LogP contribution < -0.4 is 0 Å². The largest absolute Gasteiger partial charge is 0.0683 e. The molecule has 0 amide bonds. The Morgan fingerprint density at radius 2 is 1.20 bits per heavy atom. The molecule has 0 heterocycles. The predicted molar refractivity (Wildman–Crippen MR) is 96.3 cm³/mol. The quantitative estimate of drug-likeness (QED) is 0.495. The summed E-state index contributed by atoms with van der Waals surface area (Å²) in [6.45, 7) is 17.4. The summed E-state index contributed by atoms with van der Waals surface area (Å²) in [5.41, 5.74) is 0. The Bertz CT molecular complexity index is 163. The highest BCUT2D eigenvalue weighted by Gasteiger charge is 2.34. The maximum absolute atomic E-state index is 2.32. The molecule has 0 N–H and O–H groups in total. The second kappa shape index (κ2) is 15.4. The van der Waals surface area contributed by atoms with Crippen molar-refractivity contribution in [3.8, 4) is 0 Å². The molecule has 124 valence electrons. The molecule has 0 radical (unpaired) electrons. The molecule has 2 aliphatic rings. The lowest BCUT2D eigenvalue weighted by molar-refractivity contribution is 0.278. The Kier molecular flexibility index (Phi) is 17.1. The van der Waals surface area contributed by atoms with Crippen LogP contribution in [0.3, 0.4) is 0 Å². The fourth-order valence-electron chi connectivity index (χ4n) is 2.45. The van der Waals surface area contributed by atoms with Crippen molar-refractivity contribution in [3.05, 3.63) is 0 Å². The van der Waals surface area contributed by atoms with E-state index in [0.717, 1.165) is 11.8 Å². The molecule has 0 bridgehead atoms. The lowest BCUT2D eigenvalue weighted by Crippen LogP contribution is -2.12. The minimum Gasteiger partial charge on any atom is -0.0683 e. The number of hydrogen-bond acceptors (Lipinski definition) is 0. The zero-order chi connectivity index (χ0) is 16.0. The fourth-order valence-corrected chi connectivity index (χ4v) is 2.45. The van der Waals surface area contributed by atoms with Crippen LogP contribution in [0.5, 0.6) is 0 Å². The molecule has 0 aliphatic heterocycles. The van der Waals surface area contributed by atoms with Gasteiger partial charge in [0, 0.05) is 0 Å². The number of rotatable bonds is 4. The summed E-state index contributed by atoms with van der Waals surface area (Å²) < 4.78 is 0. The Labute approximate surface area is 131 Å². The molecule has 2 rings (SSSR count). The Morgan fingerprint density at radius 1 is 0.800 bits per heavy atom. The van der Waals surface area contributed by atoms with Crippen LogP contribution >= 0.6 is 0 Å². The molecule has 2 fully saturated rings. The molecule has 0 nitrogen and oxygen atoms in total. The topological polar surface area (TPSA) is 0 Å². The zero-order valence-corrected chi connectivity index (χ0v) is 16.0. The average Bonchev–Trinajstić information content (AvgIpc) is 3.15. The molecule has 0 aromatic rings. The third kappa shape index (κ3) is 14.4. The van der Waals surface area contributed by atoms with Crippen LogP contribution in [0.4, 0.5) is 0 Å². The molecular formula is C20H44. The van der Waals surface area contributed by atoms with E-state index in [4.69, 9.17) is 0 Å². The highest BCUT2D eigenvalue weighted by molar-refractivity contribution is 4.85. The molecule has 20 heavy (non-hydrogen) atoms. The van der Waals surface area contributed by atoms with Crippen LogP contribution in [0.25, 0.3) is 0 Å². The smallest absolute Gasteiger partial charge is 0.0386 e. The molecule has 2 aliphatic carbocycles. The Hall–Kier alpha value is 0. The molecule has 0 saturated heterocycles. The van der Waals surface area contributed by atoms with Crippen molar-refractivity contribution in [2.75, 3.05) is 0 Å². The van der Waals surface area contributed by atoms with Crippen LogP contribution in [-0.2, 0) is 0 Å². The van der Waals surface area contributed by atoms with Gasteiger partial charge in [0.15, 0.2) is 0 Å². The monoisotopic (exact) mass is 284 g/mol. The minimum atomic E-state index is 0.880. The van der Waals surface area contributed by atoms with Gasteiger partial charge in [-0.2, -0.15) is 0 Å². The Balaban J connectivity index is 0. The van der Waals surface area contributed by atoms with E-state index in [-0.39, 0.29) is 0 Å². The van der Waals surface area contributed by atoms with Crippen LogP contribution in [-0.4, -0.2) is 0 Å². The first-order chi connectivity index (χ1) is 9.54. The SMILES string of the molecule is C1CC(C2CC2)C1.CC.CCC.CCC(C)CC(C)C. The van der Waals surface area contributed by atoms with Crippen molar-refractivity contribution < 1.29 is 0 Å². The highest BCUT2D eigenvalue weighted by atomic mass is 14.4. The average molecular weight is 285 g/mol. The highest BCUT2D eigenvalue weighted by Crippen LogP contribution is 2.46. The fraction of sp³-hybridized carbons (Fsp3) is 1.00. The van der Waals surface area contributed by atoms with E-state index >= 15 is 0 Å². The second-order valence-electron chi connectivity index (χ2n) is 6.88. The molecule has 0 aromatic carbocycles. The van der Waals surface area contributed by atoms with Gasteiger partial charge in [0.1, 0.15) is 0 Å². The maximum atomic E-state index is 2.32. The van der Waals surface area contributed by atoms with Gasteiger partial charge in [-0.1, -0.05) is 87.5 Å². The van der Waals surface area contributed by atoms with E-state index in [1.54, 1.807) is 25.7 Å². The van der Waals surface area contributed by atoms with Gasteiger partial charge in [-0.3, -0.25) is 0 Å². The third-order valence-corrected chi connectivity index (χ3v) is 4.01. The summed E-state index contributed by atoms with van der Waals surface area (Å²) in [5.74, 6) is 4.20. The van der Waals surface area contributed by atoms with Gasteiger partial charge in [-0.15, -0.1) is 0 Å². The minimum absolute atomic E-state index is 0.880. The van der Waals surface area contributed by atoms with Crippen molar-refractivity contribution in [3.63, 3.8) is 0 Å². The Morgan fingerprint density at radius 3 is 1.30 bits per heavy atom. The lowest BCUT2D eigenvalue weighted by atomic mass is 9.82. The standard InChI is InChI=1S/C8H18.C7H12.C3H8.C2H6/c1-5-8(4)6-7(2)3;1-2-6(3-1)7-4-5-7;1-3-2;1-2/h7-8H,5-6H2,1-4H3;6-7H,1-5H2;3H2,1-2H3;1-2H3. The summed E-state index contributed by atoms with van der Waals surface area (Å²) in [6, 6.07) is 0. The van der Waals surface area contributed by atoms with Gasteiger partial charge in [0.25, 0.3) is 0 Å². The molecule has 1 atom stereocenters. The normalized spacial score (nSPS) is 18.4. The molecular weight excluding hydrogens is 240 g/mol. The van der Waals surface area contributed by atoms with Gasteiger partial charge in [-0.05, 0) is 42.9 Å². The number of hydrogen-bond donors (Lipinski definition) is 0. The van der Waals surface area contributed by atoms with Gasteiger partial charge in [0.2, 0.25) is 0 Å². The first-order valence-electron chi connectivity index (χ1n) is 9.54. The van der Waals surface area contributed by atoms with Crippen molar-refractivity contribution >= 4 is 0 Å². The molecule has 1 unspecified atom stereocenters. The van der Waals surface area contributed by atoms with Gasteiger partial charge >= 0.3 is 0 Å². The summed E-state index contributed by atoms with van der Waals surface area (Å²) >= 11 is 0. The van der Waals surface area contributed by atoms with Crippen molar-refractivity contribution in [2.45, 2.75) is 107 Å². The van der Waals surface area contributed by atoms with Crippen molar-refractivity contribution in [1.82, 2.24) is 0 Å². The van der Waals surface area contributed by atoms with E-state index in [0.29, 0.717) is 0 Å². The van der Waals surface area contributed by atoms with Crippen molar-refractivity contribution in [1.29, 1.82) is 0 Å². The van der Waals surface area contributed by atoms with Crippen LogP contribution in [0, 0.1) is 23.7 Å². The van der Waals surface area contributed by atoms with Gasteiger partial charge < -0.3 is 0 Å².